The number of nitrogens with one attached hydrogen (secondary N) is 1. The third kappa shape index (κ3) is 4.05. The molecule has 2 aromatic rings. The molecule has 1 fully saturated rings. The number of ether oxygens (including phenoxy) is 1. The highest BCUT2D eigenvalue weighted by Gasteiger charge is 2.33. The van der Waals surface area contributed by atoms with E-state index in [0.29, 0.717) is 36.3 Å². The Hall–Kier alpha value is -2.38. The van der Waals surface area contributed by atoms with Gasteiger partial charge in [0, 0.05) is 30.2 Å². The Balaban J connectivity index is 1.79. The van der Waals surface area contributed by atoms with Crippen molar-refractivity contribution in [1.29, 1.82) is 0 Å². The summed E-state index contributed by atoms with van der Waals surface area (Å²) >= 11 is 5.91. The van der Waals surface area contributed by atoms with Gasteiger partial charge in [0.1, 0.15) is 11.8 Å². The van der Waals surface area contributed by atoms with E-state index in [1.807, 2.05) is 24.0 Å². The Bertz CT molecular complexity index is 803. The Labute approximate surface area is 156 Å². The normalized spacial score (nSPS) is 17.8. The molecule has 0 aliphatic carbocycles. The van der Waals surface area contributed by atoms with Gasteiger partial charge in [-0.1, -0.05) is 11.6 Å². The van der Waals surface area contributed by atoms with Crippen molar-refractivity contribution in [3.63, 3.8) is 0 Å². The summed E-state index contributed by atoms with van der Waals surface area (Å²) in [7, 11) is 1.31. The van der Waals surface area contributed by atoms with E-state index in [1.54, 1.807) is 12.1 Å². The second-order valence-electron chi connectivity index (χ2n) is 6.09. The van der Waals surface area contributed by atoms with Gasteiger partial charge in [0.2, 0.25) is 11.8 Å². The van der Waals surface area contributed by atoms with E-state index in [-0.39, 0.29) is 12.3 Å². The highest BCUT2D eigenvalue weighted by atomic mass is 35.5. The lowest BCUT2D eigenvalue weighted by Crippen LogP contribution is -2.55. The van der Waals surface area contributed by atoms with E-state index >= 15 is 0 Å². The standard InChI is InChI=1S/C18H20ClN3O4/c1-11-14(21-18(26-11)12-3-5-13(19)6-4-12)10-22-8-7-20-17(24)15(22)9-16(23)25-2/h3-6,15H,7-10H2,1-2H3,(H,20,24). The van der Waals surface area contributed by atoms with Crippen molar-refractivity contribution in [3.05, 3.63) is 40.7 Å². The van der Waals surface area contributed by atoms with Gasteiger partial charge in [0.15, 0.2) is 0 Å². The lowest BCUT2D eigenvalue weighted by molar-refractivity contribution is -0.146. The van der Waals surface area contributed by atoms with Crippen LogP contribution in [0.4, 0.5) is 0 Å². The number of carbonyl (C=O) groups excluding carboxylic acids is 2. The minimum Gasteiger partial charge on any atom is -0.469 e. The molecule has 1 unspecified atom stereocenters. The molecule has 1 saturated heterocycles. The molecule has 0 bridgehead atoms. The van der Waals surface area contributed by atoms with Gasteiger partial charge in [-0.15, -0.1) is 0 Å². The maximum absolute atomic E-state index is 12.2. The molecule has 26 heavy (non-hydrogen) atoms. The number of nitrogens with zero attached hydrogens (tertiary/aromatic N) is 2. The number of hydrogen-bond acceptors (Lipinski definition) is 6. The second-order valence-corrected chi connectivity index (χ2v) is 6.52. The monoisotopic (exact) mass is 377 g/mol. The topological polar surface area (TPSA) is 84.7 Å². The van der Waals surface area contributed by atoms with Crippen LogP contribution in [0.2, 0.25) is 5.02 Å². The fourth-order valence-electron chi connectivity index (χ4n) is 2.90. The molecule has 7 nitrogen and oxygen atoms in total. The largest absolute Gasteiger partial charge is 0.469 e. The summed E-state index contributed by atoms with van der Waals surface area (Å²) in [6, 6.07) is 6.65. The summed E-state index contributed by atoms with van der Waals surface area (Å²) in [5.74, 6) is 0.578. The van der Waals surface area contributed by atoms with Gasteiger partial charge in [-0.2, -0.15) is 0 Å². The predicted octanol–water partition coefficient (Wildman–Crippen LogP) is 2.17. The van der Waals surface area contributed by atoms with Crippen LogP contribution in [0, 0.1) is 6.92 Å². The number of carbonyl (C=O) groups is 2. The third-order valence-electron chi connectivity index (χ3n) is 4.37. The molecule has 1 atom stereocenters. The number of halogens is 1. The summed E-state index contributed by atoms with van der Waals surface area (Å²) in [6.45, 7) is 3.40. The zero-order chi connectivity index (χ0) is 18.7. The van der Waals surface area contributed by atoms with Crippen LogP contribution >= 0.6 is 11.6 Å². The number of oxazole rings is 1. The Morgan fingerprint density at radius 3 is 2.85 bits per heavy atom. The summed E-state index contributed by atoms with van der Waals surface area (Å²) in [4.78, 5) is 30.3. The van der Waals surface area contributed by atoms with Crippen LogP contribution in [-0.2, 0) is 20.9 Å². The molecular formula is C18H20ClN3O4. The van der Waals surface area contributed by atoms with Crippen LogP contribution in [0.5, 0.6) is 0 Å². The highest BCUT2D eigenvalue weighted by Crippen LogP contribution is 2.25. The fourth-order valence-corrected chi connectivity index (χ4v) is 3.02. The quantitative estimate of drug-likeness (QED) is 0.804. The van der Waals surface area contributed by atoms with Crippen molar-refractivity contribution in [2.75, 3.05) is 20.2 Å². The van der Waals surface area contributed by atoms with Gasteiger partial charge in [-0.3, -0.25) is 14.5 Å². The van der Waals surface area contributed by atoms with Crippen molar-refractivity contribution >= 4 is 23.5 Å². The van der Waals surface area contributed by atoms with E-state index in [0.717, 1.165) is 11.3 Å². The zero-order valence-electron chi connectivity index (χ0n) is 14.6. The van der Waals surface area contributed by atoms with Gasteiger partial charge >= 0.3 is 5.97 Å². The lowest BCUT2D eigenvalue weighted by Gasteiger charge is -2.33. The number of piperazine rings is 1. The first-order valence-corrected chi connectivity index (χ1v) is 8.66. The van der Waals surface area contributed by atoms with E-state index in [1.165, 1.54) is 7.11 Å². The van der Waals surface area contributed by atoms with Gasteiger partial charge in [0.05, 0.1) is 19.2 Å². The molecule has 8 heteroatoms. The van der Waals surface area contributed by atoms with Crippen molar-refractivity contribution < 1.29 is 18.7 Å². The average molecular weight is 378 g/mol. The van der Waals surface area contributed by atoms with Crippen LogP contribution in [-0.4, -0.2) is 48.0 Å². The Morgan fingerprint density at radius 1 is 1.42 bits per heavy atom. The minimum atomic E-state index is -0.578. The molecule has 1 aliphatic heterocycles. The smallest absolute Gasteiger partial charge is 0.307 e. The van der Waals surface area contributed by atoms with E-state index in [9.17, 15) is 9.59 Å². The van der Waals surface area contributed by atoms with Crippen LogP contribution < -0.4 is 5.32 Å². The number of amides is 1. The number of esters is 1. The summed E-state index contributed by atoms with van der Waals surface area (Å²) in [5.41, 5.74) is 1.56. The molecule has 1 amide bonds. The molecule has 138 valence electrons. The number of hydrogen-bond donors (Lipinski definition) is 1. The molecule has 1 N–H and O–H groups in total. The molecule has 3 rings (SSSR count). The molecule has 0 saturated carbocycles. The first kappa shape index (κ1) is 18.4. The lowest BCUT2D eigenvalue weighted by atomic mass is 10.1. The Morgan fingerprint density at radius 2 is 2.15 bits per heavy atom. The number of aromatic nitrogens is 1. The van der Waals surface area contributed by atoms with Crippen molar-refractivity contribution in [3.8, 4) is 11.5 Å². The second kappa shape index (κ2) is 7.88. The van der Waals surface area contributed by atoms with Crippen LogP contribution in [0.15, 0.2) is 28.7 Å². The Kier molecular flexibility index (Phi) is 5.58. The molecule has 0 radical (unpaired) electrons. The predicted molar refractivity (Wildman–Crippen MR) is 95.5 cm³/mol. The molecule has 2 heterocycles. The average Bonchev–Trinajstić information content (AvgIpc) is 2.99. The number of rotatable bonds is 5. The van der Waals surface area contributed by atoms with Gasteiger partial charge < -0.3 is 14.5 Å². The third-order valence-corrected chi connectivity index (χ3v) is 4.62. The highest BCUT2D eigenvalue weighted by molar-refractivity contribution is 6.30. The molecule has 1 aliphatic rings. The minimum absolute atomic E-state index is 0.00325. The van der Waals surface area contributed by atoms with Crippen molar-refractivity contribution in [2.24, 2.45) is 0 Å². The van der Waals surface area contributed by atoms with E-state index in [4.69, 9.17) is 20.8 Å². The number of aryl methyl sites for hydroxylation is 1. The van der Waals surface area contributed by atoms with Crippen LogP contribution in [0.1, 0.15) is 17.9 Å². The van der Waals surface area contributed by atoms with Gasteiger partial charge in [-0.05, 0) is 31.2 Å². The fraction of sp³-hybridized carbons (Fsp3) is 0.389. The van der Waals surface area contributed by atoms with Gasteiger partial charge in [-0.25, -0.2) is 4.98 Å². The zero-order valence-corrected chi connectivity index (χ0v) is 15.4. The maximum atomic E-state index is 12.2. The molecule has 1 aromatic heterocycles. The first-order valence-electron chi connectivity index (χ1n) is 8.28. The van der Waals surface area contributed by atoms with Gasteiger partial charge in [0.25, 0.3) is 0 Å². The molecule has 1 aromatic carbocycles. The van der Waals surface area contributed by atoms with Crippen molar-refractivity contribution in [1.82, 2.24) is 15.2 Å². The molecular weight excluding hydrogens is 358 g/mol. The van der Waals surface area contributed by atoms with Crippen LogP contribution in [0.25, 0.3) is 11.5 Å². The number of methoxy groups -OCH3 is 1. The summed E-state index contributed by atoms with van der Waals surface area (Å²) in [6.07, 6.45) is 0.00325. The maximum Gasteiger partial charge on any atom is 0.307 e. The van der Waals surface area contributed by atoms with E-state index < -0.39 is 12.0 Å². The SMILES string of the molecule is COC(=O)CC1C(=O)NCCN1Cc1nc(-c2ccc(Cl)cc2)oc1C. The van der Waals surface area contributed by atoms with Crippen LogP contribution in [0.3, 0.4) is 0 Å². The summed E-state index contributed by atoms with van der Waals surface area (Å²) in [5, 5.41) is 3.42. The molecule has 0 spiro atoms. The van der Waals surface area contributed by atoms with E-state index in [2.05, 4.69) is 10.3 Å². The first-order chi connectivity index (χ1) is 12.5. The van der Waals surface area contributed by atoms with Crippen molar-refractivity contribution in [2.45, 2.75) is 25.9 Å². The number of benzene rings is 1. The summed E-state index contributed by atoms with van der Waals surface area (Å²) < 4.78 is 10.5.